The van der Waals surface area contributed by atoms with Crippen LogP contribution >= 0.6 is 0 Å². The SMILES string of the molecule is COc1ncnc(C2CC2)c1-c1nc(OCc2ccc(-c3nc(C(F)(F)F)cn3C)cc2)c2ncn(C)c2n1. The van der Waals surface area contributed by atoms with Crippen LogP contribution in [0, 0.1) is 0 Å². The molecule has 10 nitrogen and oxygen atoms in total. The van der Waals surface area contributed by atoms with E-state index in [4.69, 9.17) is 19.4 Å². The number of ether oxygens (including phenoxy) is 2. The lowest BCUT2D eigenvalue weighted by molar-refractivity contribution is -0.140. The first-order valence-electron chi connectivity index (χ1n) is 12.1. The van der Waals surface area contributed by atoms with Crippen LogP contribution in [0.5, 0.6) is 11.8 Å². The first kappa shape index (κ1) is 24.8. The second kappa shape index (κ2) is 9.33. The van der Waals surface area contributed by atoms with Gasteiger partial charge in [-0.3, -0.25) is 0 Å². The molecule has 6 rings (SSSR count). The van der Waals surface area contributed by atoms with Crippen LogP contribution < -0.4 is 9.47 Å². The summed E-state index contributed by atoms with van der Waals surface area (Å²) in [6.07, 6.45) is 1.62. The molecule has 0 bridgehead atoms. The van der Waals surface area contributed by atoms with Crippen molar-refractivity contribution in [3.05, 3.63) is 60.1 Å². The lowest BCUT2D eigenvalue weighted by Gasteiger charge is -2.13. The van der Waals surface area contributed by atoms with Crippen molar-refractivity contribution in [2.75, 3.05) is 7.11 Å². The monoisotopic (exact) mass is 536 g/mol. The Morgan fingerprint density at radius 3 is 2.38 bits per heavy atom. The zero-order valence-electron chi connectivity index (χ0n) is 21.3. The molecule has 200 valence electrons. The summed E-state index contributed by atoms with van der Waals surface area (Å²) >= 11 is 0. The molecular weight excluding hydrogens is 513 g/mol. The quantitative estimate of drug-likeness (QED) is 0.295. The normalized spacial score (nSPS) is 13.7. The zero-order valence-corrected chi connectivity index (χ0v) is 21.3. The molecule has 4 heterocycles. The minimum absolute atomic E-state index is 0.148. The number of methoxy groups -OCH3 is 1. The Hall–Kier alpha value is -4.55. The van der Waals surface area contributed by atoms with Crippen LogP contribution in [-0.2, 0) is 26.9 Å². The first-order valence-corrected chi connectivity index (χ1v) is 12.1. The maximum absolute atomic E-state index is 13.1. The van der Waals surface area contributed by atoms with E-state index in [-0.39, 0.29) is 18.3 Å². The number of benzene rings is 1. The number of hydrogen-bond donors (Lipinski definition) is 0. The van der Waals surface area contributed by atoms with E-state index in [1.807, 2.05) is 7.05 Å². The molecule has 0 spiro atoms. The number of nitrogens with zero attached hydrogens (tertiary/aromatic N) is 8. The van der Waals surface area contributed by atoms with E-state index < -0.39 is 11.9 Å². The Morgan fingerprint density at radius 2 is 1.72 bits per heavy atom. The third-order valence-corrected chi connectivity index (χ3v) is 6.51. The Bertz CT molecular complexity index is 1670. The van der Waals surface area contributed by atoms with Gasteiger partial charge in [-0.05, 0) is 18.4 Å². The Balaban J connectivity index is 1.30. The zero-order chi connectivity index (χ0) is 27.3. The van der Waals surface area contributed by atoms with E-state index in [9.17, 15) is 13.2 Å². The summed E-state index contributed by atoms with van der Waals surface area (Å²) in [6, 6.07) is 6.95. The third kappa shape index (κ3) is 4.64. The van der Waals surface area contributed by atoms with E-state index in [0.717, 1.165) is 30.3 Å². The molecule has 13 heteroatoms. The molecule has 0 radical (unpaired) electrons. The molecule has 4 aromatic heterocycles. The maximum Gasteiger partial charge on any atom is 0.434 e. The Morgan fingerprint density at radius 1 is 0.949 bits per heavy atom. The highest BCUT2D eigenvalue weighted by Gasteiger charge is 2.35. The van der Waals surface area contributed by atoms with Gasteiger partial charge < -0.3 is 18.6 Å². The van der Waals surface area contributed by atoms with Gasteiger partial charge in [0.05, 0.1) is 19.1 Å². The minimum atomic E-state index is -4.51. The van der Waals surface area contributed by atoms with E-state index in [1.54, 1.807) is 42.3 Å². The van der Waals surface area contributed by atoms with Crippen LogP contribution in [0.3, 0.4) is 0 Å². The molecule has 0 aliphatic heterocycles. The van der Waals surface area contributed by atoms with Gasteiger partial charge >= 0.3 is 6.18 Å². The van der Waals surface area contributed by atoms with Gasteiger partial charge in [-0.2, -0.15) is 18.2 Å². The average Bonchev–Trinajstić information content (AvgIpc) is 3.60. The first-order chi connectivity index (χ1) is 18.7. The fourth-order valence-electron chi connectivity index (χ4n) is 4.38. The van der Waals surface area contributed by atoms with Crippen molar-refractivity contribution in [1.82, 2.24) is 39.0 Å². The number of fused-ring (bicyclic) bond motifs is 1. The van der Waals surface area contributed by atoms with Gasteiger partial charge in [0.15, 0.2) is 22.7 Å². The van der Waals surface area contributed by atoms with Crippen LogP contribution in [0.25, 0.3) is 33.9 Å². The molecule has 0 N–H and O–H groups in total. The molecule has 1 aliphatic rings. The van der Waals surface area contributed by atoms with E-state index in [1.165, 1.54) is 17.9 Å². The van der Waals surface area contributed by atoms with Crippen molar-refractivity contribution in [3.63, 3.8) is 0 Å². The van der Waals surface area contributed by atoms with Crippen molar-refractivity contribution < 1.29 is 22.6 Å². The molecule has 1 aliphatic carbocycles. The molecule has 0 atom stereocenters. The molecule has 0 unspecified atom stereocenters. The van der Waals surface area contributed by atoms with E-state index in [2.05, 4.69) is 19.9 Å². The summed E-state index contributed by atoms with van der Waals surface area (Å²) < 4.78 is 53.9. The standard InChI is InChI=1S/C26H23F3N8O2/c1-36-10-17(26(27,28)29)33-22(36)16-6-4-14(5-7-16)11-39-25-20-23(37(2)13-32-20)34-21(35-25)18-19(15-8-9-15)30-12-31-24(18)38-3/h4-7,10,12-13,15H,8-9,11H2,1-3H3. The van der Waals surface area contributed by atoms with Gasteiger partial charge in [0.2, 0.25) is 11.8 Å². The summed E-state index contributed by atoms with van der Waals surface area (Å²) in [5.41, 5.74) is 2.95. The van der Waals surface area contributed by atoms with Gasteiger partial charge in [0, 0.05) is 31.8 Å². The number of rotatable bonds is 7. The molecule has 39 heavy (non-hydrogen) atoms. The molecule has 0 saturated heterocycles. The number of hydrogen-bond acceptors (Lipinski definition) is 8. The second-order valence-electron chi connectivity index (χ2n) is 9.34. The fourth-order valence-corrected chi connectivity index (χ4v) is 4.38. The molecule has 0 amide bonds. The van der Waals surface area contributed by atoms with Crippen LogP contribution in [0.4, 0.5) is 13.2 Å². The van der Waals surface area contributed by atoms with E-state index in [0.29, 0.717) is 39.9 Å². The van der Waals surface area contributed by atoms with Crippen LogP contribution in [0.15, 0.2) is 43.1 Å². The summed E-state index contributed by atoms with van der Waals surface area (Å²) in [6.45, 7) is 0.148. The highest BCUT2D eigenvalue weighted by atomic mass is 19.4. The molecule has 5 aromatic rings. The molecule has 1 aromatic carbocycles. The van der Waals surface area contributed by atoms with Gasteiger partial charge in [-0.25, -0.2) is 24.9 Å². The predicted molar refractivity (Wildman–Crippen MR) is 134 cm³/mol. The molecular formula is C26H23F3N8O2. The fraction of sp³-hybridized carbons (Fsp3) is 0.308. The van der Waals surface area contributed by atoms with Crippen LogP contribution in [-0.4, -0.2) is 46.1 Å². The number of alkyl halides is 3. The maximum atomic E-state index is 13.1. The Kier molecular flexibility index (Phi) is 5.92. The second-order valence-corrected chi connectivity index (χ2v) is 9.34. The van der Waals surface area contributed by atoms with Crippen molar-refractivity contribution >= 4 is 11.2 Å². The largest absolute Gasteiger partial charge is 0.480 e. The van der Waals surface area contributed by atoms with Crippen molar-refractivity contribution in [3.8, 4) is 34.5 Å². The lowest BCUT2D eigenvalue weighted by Crippen LogP contribution is -2.05. The van der Waals surface area contributed by atoms with Gasteiger partial charge in [-0.15, -0.1) is 0 Å². The van der Waals surface area contributed by atoms with Crippen LogP contribution in [0.1, 0.15) is 35.7 Å². The Labute approximate surface area is 220 Å². The third-order valence-electron chi connectivity index (χ3n) is 6.51. The summed E-state index contributed by atoms with van der Waals surface area (Å²) in [5, 5.41) is 0. The lowest BCUT2D eigenvalue weighted by atomic mass is 10.1. The van der Waals surface area contributed by atoms with E-state index >= 15 is 0 Å². The van der Waals surface area contributed by atoms with Gasteiger partial charge in [0.1, 0.15) is 24.3 Å². The van der Waals surface area contributed by atoms with Gasteiger partial charge in [-0.1, -0.05) is 24.3 Å². The molecule has 1 fully saturated rings. The number of imidazole rings is 2. The van der Waals surface area contributed by atoms with Crippen molar-refractivity contribution in [2.45, 2.75) is 31.5 Å². The van der Waals surface area contributed by atoms with Gasteiger partial charge in [0.25, 0.3) is 0 Å². The average molecular weight is 537 g/mol. The predicted octanol–water partition coefficient (Wildman–Crippen LogP) is 4.70. The number of aryl methyl sites for hydroxylation is 2. The van der Waals surface area contributed by atoms with Crippen molar-refractivity contribution in [1.29, 1.82) is 0 Å². The summed E-state index contributed by atoms with van der Waals surface area (Å²) in [7, 11) is 4.90. The van der Waals surface area contributed by atoms with Crippen LogP contribution in [0.2, 0.25) is 0 Å². The van der Waals surface area contributed by atoms with Crippen molar-refractivity contribution in [2.24, 2.45) is 14.1 Å². The summed E-state index contributed by atoms with van der Waals surface area (Å²) in [4.78, 5) is 26.3. The smallest absolute Gasteiger partial charge is 0.434 e. The highest BCUT2D eigenvalue weighted by molar-refractivity contribution is 5.80. The topological polar surface area (TPSA) is 106 Å². The number of aromatic nitrogens is 8. The molecule has 1 saturated carbocycles. The minimum Gasteiger partial charge on any atom is -0.480 e. The number of halogens is 3. The summed E-state index contributed by atoms with van der Waals surface area (Å²) in [5.74, 6) is 1.57. The highest BCUT2D eigenvalue weighted by Crippen LogP contribution is 2.45.